The van der Waals surface area contributed by atoms with Gasteiger partial charge in [-0.05, 0) is 43.4 Å². The Morgan fingerprint density at radius 1 is 1.25 bits per heavy atom. The summed E-state index contributed by atoms with van der Waals surface area (Å²) in [5.41, 5.74) is 2.71. The first-order valence-electron chi connectivity index (χ1n) is 11.3. The van der Waals surface area contributed by atoms with E-state index in [1.165, 1.54) is 23.9 Å². The molecule has 2 aromatic rings. The third kappa shape index (κ3) is 4.90. The summed E-state index contributed by atoms with van der Waals surface area (Å²) in [6, 6.07) is 6.43. The van der Waals surface area contributed by atoms with Crippen molar-refractivity contribution in [3.63, 3.8) is 0 Å². The first kappa shape index (κ1) is 22.6. The molecule has 0 saturated heterocycles. The number of allylic oxidation sites excluding steroid dienone is 1. The van der Waals surface area contributed by atoms with Crippen LogP contribution in [0, 0.1) is 5.82 Å². The van der Waals surface area contributed by atoms with Gasteiger partial charge in [0.25, 0.3) is 5.56 Å². The molecular formula is C24H29FN4O2S. The lowest BCUT2D eigenvalue weighted by atomic mass is 10.2. The van der Waals surface area contributed by atoms with E-state index in [4.69, 9.17) is 4.84 Å². The lowest BCUT2D eigenvalue weighted by Crippen LogP contribution is -2.35. The summed E-state index contributed by atoms with van der Waals surface area (Å²) in [4.78, 5) is 24.9. The number of hydrogen-bond acceptors (Lipinski definition) is 6. The van der Waals surface area contributed by atoms with E-state index >= 15 is 0 Å². The van der Waals surface area contributed by atoms with Gasteiger partial charge in [-0.25, -0.2) is 4.39 Å². The number of nitrogens with zero attached hydrogens (tertiary/aromatic N) is 4. The molecule has 2 aliphatic rings. The SMILES string of the molecule is CC/C=C/N1C(Cn2c(SCc3ccc(F)cc3)nc(=O)c3c2CCC3)=NOC1CCC. The lowest BCUT2D eigenvalue weighted by molar-refractivity contribution is 0.0212. The van der Waals surface area contributed by atoms with Crippen molar-refractivity contribution in [2.45, 2.75) is 76.1 Å². The Hall–Kier alpha value is -2.61. The minimum atomic E-state index is -0.257. The van der Waals surface area contributed by atoms with Gasteiger partial charge >= 0.3 is 0 Å². The molecule has 1 atom stereocenters. The van der Waals surface area contributed by atoms with Gasteiger partial charge in [-0.3, -0.25) is 9.69 Å². The second-order valence-corrected chi connectivity index (χ2v) is 8.98. The topological polar surface area (TPSA) is 59.7 Å². The second kappa shape index (κ2) is 10.3. The van der Waals surface area contributed by atoms with Gasteiger partial charge in [0.1, 0.15) is 5.82 Å². The summed E-state index contributed by atoms with van der Waals surface area (Å²) in [6.07, 6.45) is 9.44. The molecular weight excluding hydrogens is 427 g/mol. The summed E-state index contributed by atoms with van der Waals surface area (Å²) in [5.74, 6) is 1.16. The maximum Gasteiger partial charge on any atom is 0.277 e. The maximum absolute atomic E-state index is 13.3. The minimum absolute atomic E-state index is 0.103. The highest BCUT2D eigenvalue weighted by molar-refractivity contribution is 7.98. The summed E-state index contributed by atoms with van der Waals surface area (Å²) in [5, 5.41) is 5.06. The fourth-order valence-corrected chi connectivity index (χ4v) is 5.03. The number of aromatic nitrogens is 2. The molecule has 2 heterocycles. The number of rotatable bonds is 9. The van der Waals surface area contributed by atoms with Gasteiger partial charge in [-0.15, -0.1) is 0 Å². The molecule has 1 aliphatic carbocycles. The van der Waals surface area contributed by atoms with Crippen LogP contribution in [0.3, 0.4) is 0 Å². The van der Waals surface area contributed by atoms with E-state index < -0.39 is 0 Å². The van der Waals surface area contributed by atoms with Crippen molar-refractivity contribution in [3.05, 3.63) is 69.5 Å². The molecule has 0 spiro atoms. The summed E-state index contributed by atoms with van der Waals surface area (Å²) >= 11 is 1.50. The predicted octanol–water partition coefficient (Wildman–Crippen LogP) is 4.86. The molecule has 1 aromatic carbocycles. The Labute approximate surface area is 192 Å². The first-order chi connectivity index (χ1) is 15.6. The number of thioether (sulfide) groups is 1. The second-order valence-electron chi connectivity index (χ2n) is 8.04. The monoisotopic (exact) mass is 456 g/mol. The van der Waals surface area contributed by atoms with Gasteiger partial charge in [0, 0.05) is 29.6 Å². The molecule has 0 amide bonds. The van der Waals surface area contributed by atoms with Crippen LogP contribution < -0.4 is 5.56 Å². The van der Waals surface area contributed by atoms with Crippen molar-refractivity contribution in [1.82, 2.24) is 14.5 Å². The van der Waals surface area contributed by atoms with E-state index in [9.17, 15) is 9.18 Å². The molecule has 32 heavy (non-hydrogen) atoms. The fraction of sp³-hybridized carbons (Fsp3) is 0.458. The number of amidine groups is 1. The summed E-state index contributed by atoms with van der Waals surface area (Å²) in [7, 11) is 0. The molecule has 0 bridgehead atoms. The van der Waals surface area contributed by atoms with Crippen molar-refractivity contribution in [2.24, 2.45) is 5.16 Å². The number of hydrogen-bond donors (Lipinski definition) is 0. The molecule has 170 valence electrons. The Morgan fingerprint density at radius 2 is 2.06 bits per heavy atom. The van der Waals surface area contributed by atoms with E-state index in [0.29, 0.717) is 17.5 Å². The highest BCUT2D eigenvalue weighted by atomic mass is 32.2. The third-order valence-electron chi connectivity index (χ3n) is 5.71. The molecule has 1 unspecified atom stereocenters. The minimum Gasteiger partial charge on any atom is -0.368 e. The standard InChI is InChI=1S/C24H29FN4O2S/c1-3-5-14-28-21(27-31-22(28)7-4-2)15-29-20-9-6-8-19(20)23(30)26-24(29)32-16-17-10-12-18(25)13-11-17/h5,10-14,22H,3-4,6-9,15-16H2,1-2H3/b14-5+. The van der Waals surface area contributed by atoms with Crippen molar-refractivity contribution >= 4 is 17.6 Å². The first-order valence-corrected chi connectivity index (χ1v) is 12.3. The molecule has 4 rings (SSSR count). The van der Waals surface area contributed by atoms with Crippen LogP contribution in [0.25, 0.3) is 0 Å². The van der Waals surface area contributed by atoms with E-state index in [1.807, 2.05) is 6.20 Å². The maximum atomic E-state index is 13.3. The number of fused-ring (bicyclic) bond motifs is 1. The van der Waals surface area contributed by atoms with E-state index in [2.05, 4.69) is 39.5 Å². The Morgan fingerprint density at radius 3 is 2.81 bits per heavy atom. The third-order valence-corrected chi connectivity index (χ3v) is 6.75. The van der Waals surface area contributed by atoms with Crippen LogP contribution in [0.2, 0.25) is 0 Å². The molecule has 0 N–H and O–H groups in total. The molecule has 8 heteroatoms. The van der Waals surface area contributed by atoms with E-state index in [0.717, 1.165) is 61.2 Å². The van der Waals surface area contributed by atoms with Crippen LogP contribution in [0.5, 0.6) is 0 Å². The van der Waals surface area contributed by atoms with Crippen molar-refractivity contribution in [3.8, 4) is 0 Å². The van der Waals surface area contributed by atoms with Crippen LogP contribution in [-0.2, 0) is 30.0 Å². The summed E-state index contributed by atoms with van der Waals surface area (Å²) < 4.78 is 15.4. The van der Waals surface area contributed by atoms with Gasteiger partial charge in [0.2, 0.25) is 6.23 Å². The molecule has 0 radical (unpaired) electrons. The van der Waals surface area contributed by atoms with Crippen LogP contribution >= 0.6 is 11.8 Å². The summed E-state index contributed by atoms with van der Waals surface area (Å²) in [6.45, 7) is 4.73. The van der Waals surface area contributed by atoms with Crippen LogP contribution in [0.15, 0.2) is 51.6 Å². The number of oxime groups is 1. The van der Waals surface area contributed by atoms with Crippen molar-refractivity contribution in [1.29, 1.82) is 0 Å². The van der Waals surface area contributed by atoms with Gasteiger partial charge < -0.3 is 9.40 Å². The van der Waals surface area contributed by atoms with Gasteiger partial charge in [-0.2, -0.15) is 4.98 Å². The van der Waals surface area contributed by atoms with Crippen molar-refractivity contribution in [2.75, 3.05) is 0 Å². The zero-order chi connectivity index (χ0) is 22.5. The molecule has 1 aliphatic heterocycles. The molecule has 0 saturated carbocycles. The highest BCUT2D eigenvalue weighted by Crippen LogP contribution is 2.28. The average molecular weight is 457 g/mol. The normalized spacial score (nSPS) is 17.7. The van der Waals surface area contributed by atoms with Gasteiger partial charge in [0.15, 0.2) is 11.0 Å². The van der Waals surface area contributed by atoms with E-state index in [1.54, 1.807) is 12.1 Å². The molecule has 0 fully saturated rings. The fourth-order valence-electron chi connectivity index (χ4n) is 4.07. The predicted molar refractivity (Wildman–Crippen MR) is 125 cm³/mol. The van der Waals surface area contributed by atoms with Gasteiger partial charge in [-0.1, -0.05) is 55.4 Å². The Kier molecular flexibility index (Phi) is 7.29. The van der Waals surface area contributed by atoms with Crippen molar-refractivity contribution < 1.29 is 9.23 Å². The number of halogens is 1. The smallest absolute Gasteiger partial charge is 0.277 e. The zero-order valence-electron chi connectivity index (χ0n) is 18.6. The zero-order valence-corrected chi connectivity index (χ0v) is 19.4. The van der Waals surface area contributed by atoms with Gasteiger partial charge in [0.05, 0.1) is 6.54 Å². The quantitative estimate of drug-likeness (QED) is 0.398. The highest BCUT2D eigenvalue weighted by Gasteiger charge is 2.30. The van der Waals surface area contributed by atoms with Crippen LogP contribution in [0.1, 0.15) is 56.4 Å². The Bertz CT molecular complexity index is 1060. The van der Waals surface area contributed by atoms with Crippen LogP contribution in [-0.4, -0.2) is 26.5 Å². The Balaban J connectivity index is 1.63. The van der Waals surface area contributed by atoms with Crippen LogP contribution in [0.4, 0.5) is 4.39 Å². The number of benzene rings is 1. The molecule has 6 nitrogen and oxygen atoms in total. The largest absolute Gasteiger partial charge is 0.368 e. The molecule has 1 aromatic heterocycles. The van der Waals surface area contributed by atoms with E-state index in [-0.39, 0.29) is 17.6 Å². The average Bonchev–Trinajstić information content (AvgIpc) is 3.42. The lowest BCUT2D eigenvalue weighted by Gasteiger charge is -2.23.